The van der Waals surface area contributed by atoms with E-state index in [9.17, 15) is 0 Å². The van der Waals surface area contributed by atoms with Crippen LogP contribution in [0.15, 0.2) is 36.4 Å². The van der Waals surface area contributed by atoms with E-state index in [2.05, 4.69) is 88.6 Å². The third-order valence-corrected chi connectivity index (χ3v) is 3.52. The van der Waals surface area contributed by atoms with E-state index in [1.54, 1.807) is 0 Å². The van der Waals surface area contributed by atoms with Crippen molar-refractivity contribution in [2.45, 2.75) is 41.5 Å². The first-order valence-corrected chi connectivity index (χ1v) is 8.15. The zero-order chi connectivity index (χ0) is 16.4. The Morgan fingerprint density at radius 3 is 1.45 bits per heavy atom. The average molecular weight is 298 g/mol. The molecule has 0 amide bonds. The SMILES string of the molecule is CC(C)(C)CNc1cccc2cccc(NCC(C)(C)C)c12. The fraction of sp³-hybridized carbons (Fsp3) is 0.500. The van der Waals surface area contributed by atoms with Gasteiger partial charge >= 0.3 is 0 Å². The first kappa shape index (κ1) is 16.7. The Labute approximate surface area is 135 Å². The molecule has 2 aromatic rings. The average Bonchev–Trinajstić information content (AvgIpc) is 2.41. The van der Waals surface area contributed by atoms with E-state index < -0.39 is 0 Å². The van der Waals surface area contributed by atoms with Gasteiger partial charge in [0, 0.05) is 29.9 Å². The first-order valence-electron chi connectivity index (χ1n) is 8.15. The molecule has 0 radical (unpaired) electrons. The molecule has 0 saturated heterocycles. The topological polar surface area (TPSA) is 24.1 Å². The summed E-state index contributed by atoms with van der Waals surface area (Å²) in [5, 5.41) is 9.82. The lowest BCUT2D eigenvalue weighted by molar-refractivity contribution is 0.443. The summed E-state index contributed by atoms with van der Waals surface area (Å²) in [7, 11) is 0. The van der Waals surface area contributed by atoms with Crippen molar-refractivity contribution in [1.82, 2.24) is 0 Å². The number of hydrogen-bond acceptors (Lipinski definition) is 2. The van der Waals surface area contributed by atoms with E-state index in [0.29, 0.717) is 0 Å². The summed E-state index contributed by atoms with van der Waals surface area (Å²) in [6.45, 7) is 15.4. The molecule has 0 aliphatic heterocycles. The lowest BCUT2D eigenvalue weighted by Crippen LogP contribution is -2.20. The van der Waals surface area contributed by atoms with Gasteiger partial charge in [0.2, 0.25) is 0 Å². The minimum absolute atomic E-state index is 0.260. The van der Waals surface area contributed by atoms with Crippen molar-refractivity contribution in [3.63, 3.8) is 0 Å². The van der Waals surface area contributed by atoms with E-state index in [4.69, 9.17) is 0 Å². The van der Waals surface area contributed by atoms with E-state index in [-0.39, 0.29) is 10.8 Å². The van der Waals surface area contributed by atoms with Crippen molar-refractivity contribution in [2.24, 2.45) is 10.8 Å². The fourth-order valence-electron chi connectivity index (χ4n) is 2.36. The molecular weight excluding hydrogens is 268 g/mol. The Hall–Kier alpha value is -1.70. The lowest BCUT2D eigenvalue weighted by Gasteiger charge is -2.23. The number of hydrogen-bond donors (Lipinski definition) is 2. The highest BCUT2D eigenvalue weighted by atomic mass is 14.9. The molecule has 0 heterocycles. The number of fused-ring (bicyclic) bond motifs is 1. The fourth-order valence-corrected chi connectivity index (χ4v) is 2.36. The van der Waals surface area contributed by atoms with Crippen LogP contribution in [0.5, 0.6) is 0 Å². The normalized spacial score (nSPS) is 12.5. The number of benzene rings is 2. The van der Waals surface area contributed by atoms with Crippen molar-refractivity contribution in [1.29, 1.82) is 0 Å². The molecule has 0 unspecified atom stereocenters. The van der Waals surface area contributed by atoms with Gasteiger partial charge in [0.1, 0.15) is 0 Å². The van der Waals surface area contributed by atoms with Crippen molar-refractivity contribution < 1.29 is 0 Å². The molecule has 2 aromatic carbocycles. The van der Waals surface area contributed by atoms with Crippen LogP contribution in [-0.2, 0) is 0 Å². The van der Waals surface area contributed by atoms with Gasteiger partial charge < -0.3 is 10.6 Å². The van der Waals surface area contributed by atoms with Crippen LogP contribution in [0.4, 0.5) is 11.4 Å². The molecule has 0 spiro atoms. The van der Waals surface area contributed by atoms with Crippen LogP contribution in [0.25, 0.3) is 10.8 Å². The molecular formula is C20H30N2. The number of rotatable bonds is 4. The summed E-state index contributed by atoms with van der Waals surface area (Å²) in [6, 6.07) is 13.0. The molecule has 0 atom stereocenters. The van der Waals surface area contributed by atoms with Crippen LogP contribution in [0, 0.1) is 10.8 Å². The second kappa shape index (κ2) is 6.20. The summed E-state index contributed by atoms with van der Waals surface area (Å²) in [6.07, 6.45) is 0. The summed E-state index contributed by atoms with van der Waals surface area (Å²) in [4.78, 5) is 0. The van der Waals surface area contributed by atoms with Crippen LogP contribution >= 0.6 is 0 Å². The van der Waals surface area contributed by atoms with Crippen LogP contribution in [0.1, 0.15) is 41.5 Å². The van der Waals surface area contributed by atoms with E-state index >= 15 is 0 Å². The Morgan fingerprint density at radius 1 is 0.682 bits per heavy atom. The minimum atomic E-state index is 0.260. The Balaban J connectivity index is 2.36. The van der Waals surface area contributed by atoms with Crippen LogP contribution in [0.2, 0.25) is 0 Å². The Bertz CT molecular complexity index is 577. The lowest BCUT2D eigenvalue weighted by atomic mass is 9.96. The van der Waals surface area contributed by atoms with E-state index in [0.717, 1.165) is 13.1 Å². The quantitative estimate of drug-likeness (QED) is 0.750. The van der Waals surface area contributed by atoms with Gasteiger partial charge in [-0.3, -0.25) is 0 Å². The third kappa shape index (κ3) is 4.66. The van der Waals surface area contributed by atoms with Gasteiger partial charge in [0.15, 0.2) is 0 Å². The molecule has 2 nitrogen and oxygen atoms in total. The predicted molar refractivity (Wildman–Crippen MR) is 99.8 cm³/mol. The minimum Gasteiger partial charge on any atom is -0.384 e. The number of anilines is 2. The standard InChI is InChI=1S/C20H30N2/c1-19(2,3)13-21-16-11-7-9-15-10-8-12-17(18(15)16)22-14-20(4,5)6/h7-12,21-22H,13-14H2,1-6H3. The Morgan fingerprint density at radius 2 is 1.09 bits per heavy atom. The van der Waals surface area contributed by atoms with Gasteiger partial charge in [-0.05, 0) is 28.3 Å². The monoisotopic (exact) mass is 298 g/mol. The Kier molecular flexibility index (Phi) is 4.69. The molecule has 2 heteroatoms. The second-order valence-electron chi connectivity index (χ2n) is 8.54. The van der Waals surface area contributed by atoms with Crippen LogP contribution < -0.4 is 10.6 Å². The smallest absolute Gasteiger partial charge is 0.0441 e. The van der Waals surface area contributed by atoms with Crippen molar-refractivity contribution in [2.75, 3.05) is 23.7 Å². The third-order valence-electron chi connectivity index (χ3n) is 3.52. The van der Waals surface area contributed by atoms with Crippen LogP contribution in [0.3, 0.4) is 0 Å². The highest BCUT2D eigenvalue weighted by Gasteiger charge is 2.14. The summed E-state index contributed by atoms with van der Waals surface area (Å²) >= 11 is 0. The van der Waals surface area contributed by atoms with Gasteiger partial charge in [-0.15, -0.1) is 0 Å². The maximum atomic E-state index is 3.63. The summed E-state index contributed by atoms with van der Waals surface area (Å²) < 4.78 is 0. The van der Waals surface area contributed by atoms with E-state index in [1.807, 2.05) is 0 Å². The van der Waals surface area contributed by atoms with Crippen molar-refractivity contribution in [3.05, 3.63) is 36.4 Å². The molecule has 120 valence electrons. The molecule has 2 N–H and O–H groups in total. The van der Waals surface area contributed by atoms with Crippen LogP contribution in [-0.4, -0.2) is 13.1 Å². The molecule has 0 aliphatic rings. The van der Waals surface area contributed by atoms with Gasteiger partial charge in [-0.25, -0.2) is 0 Å². The van der Waals surface area contributed by atoms with Crippen molar-refractivity contribution >= 4 is 22.1 Å². The predicted octanol–water partition coefficient (Wildman–Crippen LogP) is 5.76. The molecule has 0 fully saturated rings. The zero-order valence-electron chi connectivity index (χ0n) is 14.9. The van der Waals surface area contributed by atoms with E-state index in [1.165, 1.54) is 22.1 Å². The maximum Gasteiger partial charge on any atom is 0.0441 e. The van der Waals surface area contributed by atoms with Gasteiger partial charge in [0.25, 0.3) is 0 Å². The van der Waals surface area contributed by atoms with Gasteiger partial charge in [-0.1, -0.05) is 65.8 Å². The molecule has 2 rings (SSSR count). The number of nitrogens with one attached hydrogen (secondary N) is 2. The molecule has 0 aliphatic carbocycles. The highest BCUT2D eigenvalue weighted by Crippen LogP contribution is 2.32. The largest absolute Gasteiger partial charge is 0.384 e. The zero-order valence-corrected chi connectivity index (χ0v) is 14.9. The molecule has 0 aromatic heterocycles. The van der Waals surface area contributed by atoms with Crippen molar-refractivity contribution in [3.8, 4) is 0 Å². The molecule has 0 bridgehead atoms. The van der Waals surface area contributed by atoms with Gasteiger partial charge in [-0.2, -0.15) is 0 Å². The molecule has 22 heavy (non-hydrogen) atoms. The molecule has 0 saturated carbocycles. The highest BCUT2D eigenvalue weighted by molar-refractivity contribution is 6.03. The maximum absolute atomic E-state index is 3.63. The summed E-state index contributed by atoms with van der Waals surface area (Å²) in [5.41, 5.74) is 2.94. The van der Waals surface area contributed by atoms with Gasteiger partial charge in [0.05, 0.1) is 0 Å². The second-order valence-corrected chi connectivity index (χ2v) is 8.54. The first-order chi connectivity index (χ1) is 10.2. The summed E-state index contributed by atoms with van der Waals surface area (Å²) in [5.74, 6) is 0.